The lowest BCUT2D eigenvalue weighted by Gasteiger charge is -2.12. The van der Waals surface area contributed by atoms with Crippen molar-refractivity contribution in [3.8, 4) is 28.7 Å². The van der Waals surface area contributed by atoms with E-state index in [4.69, 9.17) is 30.2 Å². The molecule has 3 aromatic carbocycles. The number of carbonyl (C=O) groups is 1. The molecule has 0 aliphatic carbocycles. The molecule has 4 aromatic rings. The molecule has 0 aliphatic heterocycles. The molecule has 0 bridgehead atoms. The third kappa shape index (κ3) is 4.94. The molecule has 0 radical (unpaired) electrons. The van der Waals surface area contributed by atoms with Crippen LogP contribution in [-0.4, -0.2) is 32.2 Å². The van der Waals surface area contributed by atoms with Gasteiger partial charge in [0.1, 0.15) is 5.52 Å². The second-order valence-electron chi connectivity index (χ2n) is 6.99. The van der Waals surface area contributed by atoms with Gasteiger partial charge in [-0.1, -0.05) is 23.7 Å². The van der Waals surface area contributed by atoms with E-state index < -0.39 is 0 Å². The Morgan fingerprint density at radius 2 is 1.67 bits per heavy atom. The van der Waals surface area contributed by atoms with Gasteiger partial charge in [0.25, 0.3) is 0 Å². The molecule has 0 saturated heterocycles. The van der Waals surface area contributed by atoms with Crippen molar-refractivity contribution in [2.45, 2.75) is 0 Å². The highest BCUT2D eigenvalue weighted by atomic mass is 35.5. The van der Waals surface area contributed by atoms with Crippen LogP contribution < -0.4 is 19.5 Å². The van der Waals surface area contributed by atoms with Gasteiger partial charge in [-0.05, 0) is 54.1 Å². The topological polar surface area (TPSA) is 82.8 Å². The number of halogens is 1. The Labute approximate surface area is 195 Å². The number of hydrogen-bond donors (Lipinski definition) is 1. The standard InChI is InChI=1S/C25H21ClN2O5/c1-30-21-12-16(13-22(31-2)24(21)32-3)25-28-19-14-18(9-10-20(19)33-25)27-23(29)11-6-15-4-7-17(26)8-5-15/h4-14H,1-3H3,(H,27,29)/b11-6+. The molecule has 1 heterocycles. The number of ether oxygens (including phenoxy) is 3. The van der Waals surface area contributed by atoms with Gasteiger partial charge >= 0.3 is 0 Å². The number of methoxy groups -OCH3 is 3. The van der Waals surface area contributed by atoms with Gasteiger partial charge in [0, 0.05) is 22.3 Å². The van der Waals surface area contributed by atoms with Gasteiger partial charge < -0.3 is 23.9 Å². The van der Waals surface area contributed by atoms with Crippen LogP contribution in [0.2, 0.25) is 5.02 Å². The summed E-state index contributed by atoms with van der Waals surface area (Å²) in [5.74, 6) is 1.59. The predicted octanol–water partition coefficient (Wildman–Crippen LogP) is 5.83. The first-order valence-corrected chi connectivity index (χ1v) is 10.3. The van der Waals surface area contributed by atoms with Gasteiger partial charge in [-0.15, -0.1) is 0 Å². The summed E-state index contributed by atoms with van der Waals surface area (Å²) in [6, 6.07) is 16.0. The minimum Gasteiger partial charge on any atom is -0.493 e. The largest absolute Gasteiger partial charge is 0.493 e. The Bertz CT molecular complexity index is 1300. The summed E-state index contributed by atoms with van der Waals surface area (Å²) >= 11 is 5.88. The van der Waals surface area contributed by atoms with Crippen molar-refractivity contribution in [3.05, 3.63) is 71.3 Å². The zero-order valence-corrected chi connectivity index (χ0v) is 19.0. The Kier molecular flexibility index (Phi) is 6.51. The molecule has 0 unspecified atom stereocenters. The molecule has 1 amide bonds. The van der Waals surface area contributed by atoms with E-state index in [2.05, 4.69) is 10.3 Å². The van der Waals surface area contributed by atoms with Crippen molar-refractivity contribution in [2.24, 2.45) is 0 Å². The van der Waals surface area contributed by atoms with E-state index in [-0.39, 0.29) is 5.91 Å². The quantitative estimate of drug-likeness (QED) is 0.347. The normalized spacial score (nSPS) is 11.0. The maximum Gasteiger partial charge on any atom is 0.248 e. The second kappa shape index (κ2) is 9.67. The zero-order chi connectivity index (χ0) is 23.4. The van der Waals surface area contributed by atoms with Crippen LogP contribution in [0.5, 0.6) is 17.2 Å². The summed E-state index contributed by atoms with van der Waals surface area (Å²) in [7, 11) is 4.63. The van der Waals surface area contributed by atoms with Crippen molar-refractivity contribution < 1.29 is 23.4 Å². The maximum atomic E-state index is 12.3. The number of nitrogens with zero attached hydrogens (tertiary/aromatic N) is 1. The smallest absolute Gasteiger partial charge is 0.248 e. The van der Waals surface area contributed by atoms with E-state index in [0.29, 0.717) is 50.5 Å². The molecule has 7 nitrogen and oxygen atoms in total. The summed E-state index contributed by atoms with van der Waals surface area (Å²) in [5, 5.41) is 3.47. The van der Waals surface area contributed by atoms with E-state index in [0.717, 1.165) is 5.56 Å². The van der Waals surface area contributed by atoms with Crippen LogP contribution in [0.25, 0.3) is 28.6 Å². The van der Waals surface area contributed by atoms with E-state index in [1.807, 2.05) is 12.1 Å². The molecule has 0 spiro atoms. The number of oxazole rings is 1. The van der Waals surface area contributed by atoms with Gasteiger partial charge in [0.2, 0.25) is 17.5 Å². The minimum absolute atomic E-state index is 0.266. The predicted molar refractivity (Wildman–Crippen MR) is 128 cm³/mol. The van der Waals surface area contributed by atoms with Gasteiger partial charge in [0.05, 0.1) is 21.3 Å². The Hall–Kier alpha value is -3.97. The lowest BCUT2D eigenvalue weighted by molar-refractivity contribution is -0.111. The lowest BCUT2D eigenvalue weighted by Crippen LogP contribution is -2.07. The van der Waals surface area contributed by atoms with E-state index in [1.165, 1.54) is 6.08 Å². The first kappa shape index (κ1) is 22.2. The molecule has 4 rings (SSSR count). The van der Waals surface area contributed by atoms with Crippen LogP contribution in [0.1, 0.15) is 5.56 Å². The molecule has 0 atom stereocenters. The van der Waals surface area contributed by atoms with E-state index in [1.54, 1.807) is 69.9 Å². The summed E-state index contributed by atoms with van der Waals surface area (Å²) in [4.78, 5) is 16.9. The summed E-state index contributed by atoms with van der Waals surface area (Å²) in [6.45, 7) is 0. The Morgan fingerprint density at radius 1 is 0.970 bits per heavy atom. The van der Waals surface area contributed by atoms with Crippen LogP contribution in [0.4, 0.5) is 5.69 Å². The number of benzene rings is 3. The number of nitrogens with one attached hydrogen (secondary N) is 1. The molecule has 1 aromatic heterocycles. The van der Waals surface area contributed by atoms with Gasteiger partial charge in [-0.25, -0.2) is 4.98 Å². The van der Waals surface area contributed by atoms with Crippen molar-refractivity contribution >= 4 is 40.4 Å². The number of carbonyl (C=O) groups excluding carboxylic acids is 1. The molecule has 0 saturated carbocycles. The zero-order valence-electron chi connectivity index (χ0n) is 18.2. The maximum absolute atomic E-state index is 12.3. The third-order valence-electron chi connectivity index (χ3n) is 4.86. The number of fused-ring (bicyclic) bond motifs is 1. The average Bonchev–Trinajstić information content (AvgIpc) is 3.26. The van der Waals surface area contributed by atoms with Crippen LogP contribution >= 0.6 is 11.6 Å². The Morgan fingerprint density at radius 3 is 2.30 bits per heavy atom. The molecule has 1 N–H and O–H groups in total. The number of rotatable bonds is 7. The first-order chi connectivity index (χ1) is 16.0. The van der Waals surface area contributed by atoms with Crippen molar-refractivity contribution in [1.29, 1.82) is 0 Å². The highest BCUT2D eigenvalue weighted by molar-refractivity contribution is 6.30. The monoisotopic (exact) mass is 464 g/mol. The highest BCUT2D eigenvalue weighted by Crippen LogP contribution is 2.41. The number of aromatic nitrogens is 1. The number of amides is 1. The molecule has 0 fully saturated rings. The van der Waals surface area contributed by atoms with Crippen LogP contribution in [0, 0.1) is 0 Å². The van der Waals surface area contributed by atoms with Gasteiger partial charge in [0.15, 0.2) is 17.1 Å². The molecule has 8 heteroatoms. The van der Waals surface area contributed by atoms with Crippen LogP contribution in [0.15, 0.2) is 65.1 Å². The van der Waals surface area contributed by atoms with Crippen LogP contribution in [-0.2, 0) is 4.79 Å². The highest BCUT2D eigenvalue weighted by Gasteiger charge is 2.17. The van der Waals surface area contributed by atoms with Crippen molar-refractivity contribution in [1.82, 2.24) is 4.98 Å². The minimum atomic E-state index is -0.266. The SMILES string of the molecule is COc1cc(-c2nc3cc(NC(=O)/C=C/c4ccc(Cl)cc4)ccc3o2)cc(OC)c1OC. The molecule has 168 valence electrons. The fourth-order valence-corrected chi connectivity index (χ4v) is 3.39. The average molecular weight is 465 g/mol. The van der Waals surface area contributed by atoms with Crippen molar-refractivity contribution in [3.63, 3.8) is 0 Å². The summed E-state index contributed by atoms with van der Waals surface area (Å²) in [6.07, 6.45) is 3.17. The lowest BCUT2D eigenvalue weighted by atomic mass is 10.2. The van der Waals surface area contributed by atoms with E-state index >= 15 is 0 Å². The molecular formula is C25H21ClN2O5. The van der Waals surface area contributed by atoms with E-state index in [9.17, 15) is 4.79 Å². The number of hydrogen-bond acceptors (Lipinski definition) is 6. The summed E-state index contributed by atoms with van der Waals surface area (Å²) < 4.78 is 22.1. The molecule has 0 aliphatic rings. The first-order valence-electron chi connectivity index (χ1n) is 9.96. The summed E-state index contributed by atoms with van der Waals surface area (Å²) in [5.41, 5.74) is 3.30. The second-order valence-corrected chi connectivity index (χ2v) is 7.43. The molecule has 33 heavy (non-hydrogen) atoms. The molecular weight excluding hydrogens is 444 g/mol. The van der Waals surface area contributed by atoms with Gasteiger partial charge in [-0.3, -0.25) is 4.79 Å². The fourth-order valence-electron chi connectivity index (χ4n) is 3.26. The fraction of sp³-hybridized carbons (Fsp3) is 0.120. The third-order valence-corrected chi connectivity index (χ3v) is 5.12. The Balaban J connectivity index is 1.56. The van der Waals surface area contributed by atoms with Crippen LogP contribution in [0.3, 0.4) is 0 Å². The van der Waals surface area contributed by atoms with Crippen molar-refractivity contribution in [2.75, 3.05) is 26.6 Å². The number of anilines is 1. The van der Waals surface area contributed by atoms with Gasteiger partial charge in [-0.2, -0.15) is 0 Å².